The van der Waals surface area contributed by atoms with Crippen molar-refractivity contribution < 1.29 is 9.21 Å². The summed E-state index contributed by atoms with van der Waals surface area (Å²) >= 11 is 1.43. The lowest BCUT2D eigenvalue weighted by Crippen LogP contribution is -2.39. The van der Waals surface area contributed by atoms with Crippen LogP contribution in [0.1, 0.15) is 45.4 Å². The first kappa shape index (κ1) is 17.3. The average molecular weight is 369 g/mol. The third-order valence-electron chi connectivity index (χ3n) is 4.98. The van der Waals surface area contributed by atoms with Gasteiger partial charge in [0.25, 0.3) is 0 Å². The molecule has 5 nitrogen and oxygen atoms in total. The van der Waals surface area contributed by atoms with E-state index in [1.807, 2.05) is 31.2 Å². The molecule has 0 bridgehead atoms. The zero-order valence-corrected chi connectivity index (χ0v) is 15.7. The van der Waals surface area contributed by atoms with Gasteiger partial charge in [-0.3, -0.25) is 4.79 Å². The van der Waals surface area contributed by atoms with Crippen LogP contribution in [-0.4, -0.2) is 27.2 Å². The summed E-state index contributed by atoms with van der Waals surface area (Å²) in [6, 6.07) is 8.13. The molecule has 3 aromatic rings. The molecule has 4 rings (SSSR count). The zero-order chi connectivity index (χ0) is 17.9. The van der Waals surface area contributed by atoms with Crippen molar-refractivity contribution in [2.75, 3.05) is 0 Å². The molecule has 26 heavy (non-hydrogen) atoms. The van der Waals surface area contributed by atoms with Crippen LogP contribution in [0.3, 0.4) is 0 Å². The van der Waals surface area contributed by atoms with E-state index >= 15 is 0 Å². The maximum atomic E-state index is 12.6. The summed E-state index contributed by atoms with van der Waals surface area (Å²) in [5.41, 5.74) is 2.25. The van der Waals surface area contributed by atoms with Crippen molar-refractivity contribution in [3.8, 4) is 0 Å². The second kappa shape index (κ2) is 7.66. The normalized spacial score (nSPS) is 17.3. The minimum Gasteiger partial charge on any atom is -0.451 e. The van der Waals surface area contributed by atoms with Gasteiger partial charge in [-0.25, -0.2) is 9.97 Å². The molecule has 0 unspecified atom stereocenters. The molecule has 1 saturated carbocycles. The van der Waals surface area contributed by atoms with E-state index in [0.717, 1.165) is 34.4 Å². The highest BCUT2D eigenvalue weighted by molar-refractivity contribution is 8.00. The van der Waals surface area contributed by atoms with Gasteiger partial charge in [-0.05, 0) is 31.9 Å². The van der Waals surface area contributed by atoms with Crippen LogP contribution in [0, 0.1) is 0 Å². The molecule has 2 aromatic heterocycles. The second-order valence-electron chi connectivity index (χ2n) is 6.91. The standard InChI is InChI=1S/C20H23N3O2S/c1-13(19(24)23-14-8-4-2-3-5-9-14)26-20-18-17(21-12-22-20)15-10-6-7-11-16(15)25-18/h6-7,10-14H,2-5,8-9H2,1H3,(H,23,24)/t13-/m0/s1. The summed E-state index contributed by atoms with van der Waals surface area (Å²) in [7, 11) is 0. The Morgan fingerprint density at radius 2 is 1.96 bits per heavy atom. The molecule has 0 spiro atoms. The number of thioether (sulfide) groups is 1. The van der Waals surface area contributed by atoms with E-state index in [2.05, 4.69) is 15.3 Å². The highest BCUT2D eigenvalue weighted by Gasteiger charge is 2.22. The SMILES string of the molecule is C[C@H](Sc1ncnc2c1oc1ccccc12)C(=O)NC1CCCCCC1. The lowest BCUT2D eigenvalue weighted by atomic mass is 10.1. The highest BCUT2D eigenvalue weighted by atomic mass is 32.2. The molecule has 1 fully saturated rings. The molecule has 1 atom stereocenters. The second-order valence-corrected chi connectivity index (χ2v) is 8.24. The fourth-order valence-electron chi connectivity index (χ4n) is 3.55. The van der Waals surface area contributed by atoms with Crippen LogP contribution in [0.2, 0.25) is 0 Å². The van der Waals surface area contributed by atoms with Crippen LogP contribution in [0.5, 0.6) is 0 Å². The Labute approximate surface area is 157 Å². The number of hydrogen-bond donors (Lipinski definition) is 1. The first-order valence-electron chi connectivity index (χ1n) is 9.31. The van der Waals surface area contributed by atoms with Crippen molar-refractivity contribution in [3.05, 3.63) is 30.6 Å². The Morgan fingerprint density at radius 1 is 1.19 bits per heavy atom. The van der Waals surface area contributed by atoms with Crippen molar-refractivity contribution in [2.24, 2.45) is 0 Å². The molecule has 1 aliphatic rings. The van der Waals surface area contributed by atoms with Gasteiger partial charge >= 0.3 is 0 Å². The molecule has 1 aliphatic carbocycles. The van der Waals surface area contributed by atoms with E-state index in [-0.39, 0.29) is 11.2 Å². The summed E-state index contributed by atoms with van der Waals surface area (Å²) in [6.45, 7) is 1.92. The number of carbonyl (C=O) groups is 1. The quantitative estimate of drug-likeness (QED) is 0.410. The molecule has 1 N–H and O–H groups in total. The third-order valence-corrected chi connectivity index (χ3v) is 6.07. The van der Waals surface area contributed by atoms with Crippen LogP contribution in [0.25, 0.3) is 22.1 Å². The van der Waals surface area contributed by atoms with E-state index in [9.17, 15) is 4.79 Å². The molecular weight excluding hydrogens is 346 g/mol. The molecule has 6 heteroatoms. The Bertz CT molecular complexity index is 916. The number of benzene rings is 1. The smallest absolute Gasteiger partial charge is 0.233 e. The topological polar surface area (TPSA) is 68.0 Å². The van der Waals surface area contributed by atoms with Gasteiger partial charge in [-0.1, -0.05) is 49.6 Å². The summed E-state index contributed by atoms with van der Waals surface area (Å²) in [5, 5.41) is 4.68. The van der Waals surface area contributed by atoms with Gasteiger partial charge in [-0.15, -0.1) is 0 Å². The highest BCUT2D eigenvalue weighted by Crippen LogP contribution is 2.34. The number of fused-ring (bicyclic) bond motifs is 3. The van der Waals surface area contributed by atoms with E-state index in [1.165, 1.54) is 37.4 Å². The zero-order valence-electron chi connectivity index (χ0n) is 14.9. The number of para-hydroxylation sites is 1. The molecule has 0 radical (unpaired) electrons. The summed E-state index contributed by atoms with van der Waals surface area (Å²) < 4.78 is 5.95. The number of aromatic nitrogens is 2. The molecule has 1 aromatic carbocycles. The van der Waals surface area contributed by atoms with Crippen molar-refractivity contribution in [1.82, 2.24) is 15.3 Å². The van der Waals surface area contributed by atoms with Crippen LogP contribution < -0.4 is 5.32 Å². The van der Waals surface area contributed by atoms with Gasteiger partial charge in [0.15, 0.2) is 5.58 Å². The number of amides is 1. The molecule has 1 amide bonds. The first-order valence-corrected chi connectivity index (χ1v) is 10.2. The van der Waals surface area contributed by atoms with Crippen molar-refractivity contribution in [2.45, 2.75) is 61.8 Å². The first-order chi connectivity index (χ1) is 12.7. The Balaban J connectivity index is 1.51. The maximum Gasteiger partial charge on any atom is 0.233 e. The number of rotatable bonds is 4. The number of nitrogens with one attached hydrogen (secondary N) is 1. The largest absolute Gasteiger partial charge is 0.451 e. The number of furan rings is 1. The number of hydrogen-bond acceptors (Lipinski definition) is 5. The summed E-state index contributed by atoms with van der Waals surface area (Å²) in [6.07, 6.45) is 8.69. The van der Waals surface area contributed by atoms with E-state index in [1.54, 1.807) is 6.33 Å². The Kier molecular flexibility index (Phi) is 5.11. The summed E-state index contributed by atoms with van der Waals surface area (Å²) in [5.74, 6) is 0.0739. The predicted octanol–water partition coefficient (Wildman–Crippen LogP) is 4.70. The van der Waals surface area contributed by atoms with Crippen LogP contribution >= 0.6 is 11.8 Å². The Morgan fingerprint density at radius 3 is 2.77 bits per heavy atom. The van der Waals surface area contributed by atoms with Crippen molar-refractivity contribution >= 4 is 39.7 Å². The van der Waals surface area contributed by atoms with Gasteiger partial charge in [-0.2, -0.15) is 0 Å². The van der Waals surface area contributed by atoms with E-state index in [4.69, 9.17) is 4.42 Å². The summed E-state index contributed by atoms with van der Waals surface area (Å²) in [4.78, 5) is 21.4. The number of nitrogens with zero attached hydrogens (tertiary/aromatic N) is 2. The monoisotopic (exact) mass is 369 g/mol. The van der Waals surface area contributed by atoms with Gasteiger partial charge in [0.05, 0.1) is 5.25 Å². The lowest BCUT2D eigenvalue weighted by molar-refractivity contribution is -0.121. The van der Waals surface area contributed by atoms with Crippen molar-refractivity contribution in [1.29, 1.82) is 0 Å². The van der Waals surface area contributed by atoms with E-state index in [0.29, 0.717) is 11.6 Å². The van der Waals surface area contributed by atoms with Crippen LogP contribution in [0.15, 0.2) is 40.0 Å². The lowest BCUT2D eigenvalue weighted by Gasteiger charge is -2.19. The van der Waals surface area contributed by atoms with Crippen LogP contribution in [0.4, 0.5) is 0 Å². The molecule has 136 valence electrons. The fourth-order valence-corrected chi connectivity index (χ4v) is 4.41. The Hall–Kier alpha value is -2.08. The average Bonchev–Trinajstić information content (AvgIpc) is 2.84. The van der Waals surface area contributed by atoms with Crippen LogP contribution in [-0.2, 0) is 4.79 Å². The maximum absolute atomic E-state index is 12.6. The van der Waals surface area contributed by atoms with Gasteiger partial charge < -0.3 is 9.73 Å². The van der Waals surface area contributed by atoms with E-state index < -0.39 is 0 Å². The number of carbonyl (C=O) groups excluding carboxylic acids is 1. The third kappa shape index (κ3) is 3.56. The minimum atomic E-state index is -0.232. The molecule has 0 saturated heterocycles. The molecule has 0 aliphatic heterocycles. The van der Waals surface area contributed by atoms with Crippen molar-refractivity contribution in [3.63, 3.8) is 0 Å². The predicted molar refractivity (Wildman–Crippen MR) is 104 cm³/mol. The van der Waals surface area contributed by atoms with Gasteiger partial charge in [0, 0.05) is 11.4 Å². The fraction of sp³-hybridized carbons (Fsp3) is 0.450. The molecule has 2 heterocycles. The van der Waals surface area contributed by atoms with Gasteiger partial charge in [0.1, 0.15) is 22.5 Å². The minimum absolute atomic E-state index is 0.0739. The molecular formula is C20H23N3O2S. The van der Waals surface area contributed by atoms with Gasteiger partial charge in [0.2, 0.25) is 5.91 Å².